The van der Waals surface area contributed by atoms with E-state index in [1.54, 1.807) is 24.3 Å². The van der Waals surface area contributed by atoms with Crippen LogP contribution in [0.25, 0.3) is 0 Å². The predicted molar refractivity (Wildman–Crippen MR) is 196 cm³/mol. The van der Waals surface area contributed by atoms with Gasteiger partial charge in [-0.2, -0.15) is 0 Å². The minimum atomic E-state index is -0.193. The van der Waals surface area contributed by atoms with Crippen LogP contribution in [-0.4, -0.2) is 25.0 Å². The molecular formula is C43H38N2O4. The average Bonchev–Trinajstić information content (AvgIpc) is 3.14. The summed E-state index contributed by atoms with van der Waals surface area (Å²) in [6, 6.07) is 50.4. The molecule has 49 heavy (non-hydrogen) atoms. The Labute approximate surface area is 287 Å². The summed E-state index contributed by atoms with van der Waals surface area (Å²) in [5.41, 5.74) is 7.13. The number of hydrogen-bond acceptors (Lipinski definition) is 4. The van der Waals surface area contributed by atoms with Crippen molar-refractivity contribution in [3.63, 3.8) is 0 Å². The van der Waals surface area contributed by atoms with Crippen LogP contribution >= 0.6 is 0 Å². The van der Waals surface area contributed by atoms with Crippen LogP contribution in [0.3, 0.4) is 0 Å². The fourth-order valence-electron chi connectivity index (χ4n) is 5.37. The molecule has 0 aliphatic rings. The lowest BCUT2D eigenvalue weighted by Crippen LogP contribution is -2.12. The monoisotopic (exact) mass is 646 g/mol. The van der Waals surface area contributed by atoms with Gasteiger partial charge < -0.3 is 20.1 Å². The van der Waals surface area contributed by atoms with E-state index in [4.69, 9.17) is 9.47 Å². The maximum absolute atomic E-state index is 12.9. The van der Waals surface area contributed by atoms with Crippen molar-refractivity contribution < 1.29 is 19.1 Å². The number of nitrogens with one attached hydrogen (secondary N) is 2. The summed E-state index contributed by atoms with van der Waals surface area (Å²) in [6.07, 6.45) is 2.31. The van der Waals surface area contributed by atoms with Gasteiger partial charge in [-0.15, -0.1) is 0 Å². The Bertz CT molecular complexity index is 1810. The maximum Gasteiger partial charge on any atom is 0.255 e. The third-order valence-electron chi connectivity index (χ3n) is 8.03. The van der Waals surface area contributed by atoms with Crippen molar-refractivity contribution in [3.05, 3.63) is 191 Å². The van der Waals surface area contributed by atoms with Crippen LogP contribution in [-0.2, 0) is 19.3 Å². The van der Waals surface area contributed by atoms with Crippen molar-refractivity contribution in [2.45, 2.75) is 19.3 Å². The molecular weight excluding hydrogens is 608 g/mol. The number of benzene rings is 6. The fourth-order valence-corrected chi connectivity index (χ4v) is 5.37. The Morgan fingerprint density at radius 3 is 1.24 bits per heavy atom. The van der Waals surface area contributed by atoms with Crippen molar-refractivity contribution >= 4 is 23.2 Å². The van der Waals surface area contributed by atoms with Crippen LogP contribution in [0.4, 0.5) is 11.4 Å². The van der Waals surface area contributed by atoms with Gasteiger partial charge >= 0.3 is 0 Å². The van der Waals surface area contributed by atoms with Crippen molar-refractivity contribution in [1.29, 1.82) is 0 Å². The molecule has 0 spiro atoms. The van der Waals surface area contributed by atoms with Crippen LogP contribution in [0.1, 0.15) is 43.0 Å². The van der Waals surface area contributed by atoms with Gasteiger partial charge in [-0.05, 0) is 89.3 Å². The molecule has 0 unspecified atom stereocenters. The molecule has 0 radical (unpaired) electrons. The number of carbonyl (C=O) groups is 2. The Hall–Kier alpha value is -6.14. The van der Waals surface area contributed by atoms with E-state index in [0.717, 1.165) is 24.0 Å². The smallest absolute Gasteiger partial charge is 0.255 e. The summed E-state index contributed by atoms with van der Waals surface area (Å²) in [5.74, 6) is 0.944. The molecule has 0 bridgehead atoms. The Morgan fingerprint density at radius 2 is 0.837 bits per heavy atom. The van der Waals surface area contributed by atoms with E-state index >= 15 is 0 Å². The SMILES string of the molecule is O=C(Nc1ccc(Cc2ccc(NC(=O)c3cccc(OCCc4ccccc4)c3)cc2)cc1)c1cccc(OCCc2ccccc2)c1. The molecule has 2 N–H and O–H groups in total. The molecule has 0 aliphatic carbocycles. The minimum absolute atomic E-state index is 0.193. The molecule has 0 heterocycles. The quantitative estimate of drug-likeness (QED) is 0.124. The molecule has 0 atom stereocenters. The largest absolute Gasteiger partial charge is 0.493 e. The molecule has 0 aromatic heterocycles. The maximum atomic E-state index is 12.9. The van der Waals surface area contributed by atoms with Gasteiger partial charge in [0.1, 0.15) is 11.5 Å². The second-order valence-electron chi connectivity index (χ2n) is 11.7. The first kappa shape index (κ1) is 32.8. The number of amides is 2. The zero-order chi connectivity index (χ0) is 33.7. The van der Waals surface area contributed by atoms with E-state index in [1.165, 1.54) is 11.1 Å². The lowest BCUT2D eigenvalue weighted by atomic mass is 10.0. The van der Waals surface area contributed by atoms with Gasteiger partial charge in [0.15, 0.2) is 0 Å². The van der Waals surface area contributed by atoms with Gasteiger partial charge in [0, 0.05) is 35.3 Å². The van der Waals surface area contributed by atoms with Crippen molar-refractivity contribution in [2.75, 3.05) is 23.8 Å². The highest BCUT2D eigenvalue weighted by Gasteiger charge is 2.10. The zero-order valence-electron chi connectivity index (χ0n) is 27.2. The first-order chi connectivity index (χ1) is 24.1. The Balaban J connectivity index is 0.960. The molecule has 2 amide bonds. The van der Waals surface area contributed by atoms with Gasteiger partial charge in [-0.25, -0.2) is 0 Å². The Kier molecular flexibility index (Phi) is 11.1. The molecule has 244 valence electrons. The number of rotatable bonds is 14. The molecule has 6 nitrogen and oxygen atoms in total. The third kappa shape index (κ3) is 9.92. The van der Waals surface area contributed by atoms with Gasteiger partial charge in [0.05, 0.1) is 13.2 Å². The molecule has 0 saturated heterocycles. The molecule has 0 fully saturated rings. The van der Waals surface area contributed by atoms with Crippen LogP contribution < -0.4 is 20.1 Å². The topological polar surface area (TPSA) is 76.7 Å². The highest BCUT2D eigenvalue weighted by molar-refractivity contribution is 6.05. The average molecular weight is 647 g/mol. The van der Waals surface area contributed by atoms with Gasteiger partial charge in [0.25, 0.3) is 11.8 Å². The van der Waals surface area contributed by atoms with Crippen LogP contribution in [0, 0.1) is 0 Å². The molecule has 6 rings (SSSR count). The van der Waals surface area contributed by atoms with Gasteiger partial charge in [-0.3, -0.25) is 9.59 Å². The standard InChI is InChI=1S/C43H38N2O4/c46-42(36-13-7-15-40(30-36)48-27-25-32-9-3-1-4-10-32)44-38-21-17-34(18-22-38)29-35-19-23-39(24-20-35)45-43(47)37-14-8-16-41(31-37)49-28-26-33-11-5-2-6-12-33/h1-24,30-31H,25-29H2,(H,44,46)(H,45,47). The number of anilines is 2. The lowest BCUT2D eigenvalue weighted by Gasteiger charge is -2.10. The molecule has 0 saturated carbocycles. The second-order valence-corrected chi connectivity index (χ2v) is 11.7. The molecule has 6 aromatic rings. The normalized spacial score (nSPS) is 10.6. The van der Waals surface area contributed by atoms with E-state index < -0.39 is 0 Å². The summed E-state index contributed by atoms with van der Waals surface area (Å²) in [6.45, 7) is 1.07. The third-order valence-corrected chi connectivity index (χ3v) is 8.03. The lowest BCUT2D eigenvalue weighted by molar-refractivity contribution is 0.101. The van der Waals surface area contributed by atoms with Crippen molar-refractivity contribution in [2.24, 2.45) is 0 Å². The zero-order valence-corrected chi connectivity index (χ0v) is 27.2. The number of ether oxygens (including phenoxy) is 2. The number of hydrogen-bond donors (Lipinski definition) is 2. The molecule has 0 aliphatic heterocycles. The van der Waals surface area contributed by atoms with Gasteiger partial charge in [-0.1, -0.05) is 97.1 Å². The predicted octanol–water partition coefficient (Wildman–Crippen LogP) is 9.03. The summed E-state index contributed by atoms with van der Waals surface area (Å²) in [5, 5.41) is 5.95. The van der Waals surface area contributed by atoms with Crippen LogP contribution in [0.15, 0.2) is 158 Å². The Morgan fingerprint density at radius 1 is 0.429 bits per heavy atom. The van der Waals surface area contributed by atoms with Crippen LogP contribution in [0.5, 0.6) is 11.5 Å². The first-order valence-electron chi connectivity index (χ1n) is 16.4. The summed E-state index contributed by atoms with van der Waals surface area (Å²) in [7, 11) is 0. The van der Waals surface area contributed by atoms with E-state index in [0.29, 0.717) is 53.6 Å². The van der Waals surface area contributed by atoms with E-state index in [2.05, 4.69) is 34.9 Å². The van der Waals surface area contributed by atoms with E-state index in [-0.39, 0.29) is 11.8 Å². The van der Waals surface area contributed by atoms with Crippen molar-refractivity contribution in [1.82, 2.24) is 0 Å². The molecule has 6 heteroatoms. The van der Waals surface area contributed by atoms with E-state index in [9.17, 15) is 9.59 Å². The second kappa shape index (κ2) is 16.6. The highest BCUT2D eigenvalue weighted by atomic mass is 16.5. The summed E-state index contributed by atoms with van der Waals surface area (Å²) < 4.78 is 11.8. The van der Waals surface area contributed by atoms with Crippen molar-refractivity contribution in [3.8, 4) is 11.5 Å². The first-order valence-corrected chi connectivity index (χ1v) is 16.4. The summed E-state index contributed by atoms with van der Waals surface area (Å²) in [4.78, 5) is 25.9. The minimum Gasteiger partial charge on any atom is -0.493 e. The van der Waals surface area contributed by atoms with Gasteiger partial charge in [0.2, 0.25) is 0 Å². The fraction of sp³-hybridized carbons (Fsp3) is 0.116. The molecule has 6 aromatic carbocycles. The summed E-state index contributed by atoms with van der Waals surface area (Å²) >= 11 is 0. The number of carbonyl (C=O) groups excluding carboxylic acids is 2. The van der Waals surface area contributed by atoms with E-state index in [1.807, 2.05) is 109 Å². The van der Waals surface area contributed by atoms with Crippen LogP contribution in [0.2, 0.25) is 0 Å². The highest BCUT2D eigenvalue weighted by Crippen LogP contribution is 2.20.